The molecule has 7 nitrogen and oxygen atoms in total. The normalized spacial score (nSPS) is 16.9. The Morgan fingerprint density at radius 1 is 1.32 bits per heavy atom. The number of oxazole rings is 1. The van der Waals surface area contributed by atoms with Crippen LogP contribution in [0.2, 0.25) is 0 Å². The molecular weight excluding hydrogens is 322 g/mol. The average molecular weight is 341 g/mol. The molecule has 0 radical (unpaired) electrons. The summed E-state index contributed by atoms with van der Waals surface area (Å²) in [6.45, 7) is 1.01. The summed E-state index contributed by atoms with van der Waals surface area (Å²) in [7, 11) is 1.31. The van der Waals surface area contributed by atoms with Crippen molar-refractivity contribution in [3.8, 4) is 0 Å². The molecule has 1 aliphatic heterocycles. The Balaban J connectivity index is 1.48. The fraction of sp³-hybridized carbons (Fsp3) is 0.444. The predicted octanol–water partition coefficient (Wildman–Crippen LogP) is 2.32. The number of esters is 1. The van der Waals surface area contributed by atoms with Crippen molar-refractivity contribution in [3.05, 3.63) is 46.9 Å². The molecule has 0 aromatic carbocycles. The molecule has 0 spiro atoms. The first-order valence-corrected chi connectivity index (χ1v) is 8.48. The maximum absolute atomic E-state index is 12.7. The second kappa shape index (κ2) is 6.31. The minimum atomic E-state index is -0.472. The van der Waals surface area contributed by atoms with Gasteiger partial charge in [-0.3, -0.25) is 9.78 Å². The number of hydrogen-bond acceptors (Lipinski definition) is 6. The van der Waals surface area contributed by atoms with Gasteiger partial charge in [0.05, 0.1) is 19.2 Å². The van der Waals surface area contributed by atoms with Crippen LogP contribution >= 0.6 is 0 Å². The van der Waals surface area contributed by atoms with E-state index in [9.17, 15) is 9.59 Å². The number of amides is 1. The van der Waals surface area contributed by atoms with Crippen molar-refractivity contribution in [2.24, 2.45) is 0 Å². The second-order valence-electron chi connectivity index (χ2n) is 6.45. The van der Waals surface area contributed by atoms with Crippen LogP contribution in [0.5, 0.6) is 0 Å². The maximum atomic E-state index is 12.7. The largest absolute Gasteiger partial charge is 0.465 e. The SMILES string of the molecule is COC(=O)c1ccc(C(=O)N2CCc3oc(C4CCC4)nc3C2)nc1. The molecule has 0 N–H and O–H groups in total. The Bertz CT molecular complexity index is 808. The first-order valence-electron chi connectivity index (χ1n) is 8.48. The highest BCUT2D eigenvalue weighted by atomic mass is 16.5. The number of pyridine rings is 1. The van der Waals surface area contributed by atoms with Gasteiger partial charge in [0.2, 0.25) is 0 Å². The number of carbonyl (C=O) groups excluding carboxylic acids is 2. The molecule has 7 heteroatoms. The molecule has 1 saturated carbocycles. The predicted molar refractivity (Wildman–Crippen MR) is 87.1 cm³/mol. The van der Waals surface area contributed by atoms with Crippen LogP contribution in [0.1, 0.15) is 63.4 Å². The zero-order valence-electron chi connectivity index (χ0n) is 14.0. The average Bonchev–Trinajstić information content (AvgIpc) is 3.01. The van der Waals surface area contributed by atoms with E-state index in [1.165, 1.54) is 19.7 Å². The van der Waals surface area contributed by atoms with Gasteiger partial charge in [-0.25, -0.2) is 9.78 Å². The van der Waals surface area contributed by atoms with Gasteiger partial charge in [0, 0.05) is 25.1 Å². The summed E-state index contributed by atoms with van der Waals surface area (Å²) in [4.78, 5) is 34.5. The first kappa shape index (κ1) is 15.8. The van der Waals surface area contributed by atoms with Crippen molar-refractivity contribution < 1.29 is 18.7 Å². The van der Waals surface area contributed by atoms with Gasteiger partial charge < -0.3 is 14.1 Å². The smallest absolute Gasteiger partial charge is 0.339 e. The van der Waals surface area contributed by atoms with Gasteiger partial charge in [0.1, 0.15) is 17.1 Å². The molecule has 2 aliphatic rings. The van der Waals surface area contributed by atoms with Crippen LogP contribution in [0.3, 0.4) is 0 Å². The molecule has 25 heavy (non-hydrogen) atoms. The molecule has 2 aromatic heterocycles. The molecular formula is C18H19N3O4. The van der Waals surface area contributed by atoms with Crippen LogP contribution in [0.25, 0.3) is 0 Å². The molecule has 1 amide bonds. The van der Waals surface area contributed by atoms with Gasteiger partial charge >= 0.3 is 5.97 Å². The van der Waals surface area contributed by atoms with Crippen molar-refractivity contribution in [2.45, 2.75) is 38.1 Å². The minimum Gasteiger partial charge on any atom is -0.465 e. The second-order valence-corrected chi connectivity index (χ2v) is 6.45. The highest BCUT2D eigenvalue weighted by molar-refractivity contribution is 5.94. The first-order chi connectivity index (χ1) is 12.2. The lowest BCUT2D eigenvalue weighted by Crippen LogP contribution is -2.36. The topological polar surface area (TPSA) is 85.5 Å². The van der Waals surface area contributed by atoms with E-state index in [2.05, 4.69) is 14.7 Å². The summed E-state index contributed by atoms with van der Waals surface area (Å²) in [5.41, 5.74) is 1.48. The van der Waals surface area contributed by atoms with Crippen molar-refractivity contribution in [3.63, 3.8) is 0 Å². The molecule has 0 saturated heterocycles. The molecule has 1 fully saturated rings. The van der Waals surface area contributed by atoms with Gasteiger partial charge in [-0.1, -0.05) is 6.42 Å². The van der Waals surface area contributed by atoms with Gasteiger partial charge in [-0.05, 0) is 25.0 Å². The Hall–Kier alpha value is -2.70. The summed E-state index contributed by atoms with van der Waals surface area (Å²) in [6, 6.07) is 3.10. The van der Waals surface area contributed by atoms with Crippen molar-refractivity contribution >= 4 is 11.9 Å². The quantitative estimate of drug-likeness (QED) is 0.797. The van der Waals surface area contributed by atoms with Gasteiger partial charge in [-0.2, -0.15) is 0 Å². The fourth-order valence-corrected chi connectivity index (χ4v) is 3.14. The minimum absolute atomic E-state index is 0.171. The van der Waals surface area contributed by atoms with Crippen molar-refractivity contribution in [1.29, 1.82) is 0 Å². The molecule has 3 heterocycles. The number of aromatic nitrogens is 2. The standard InChI is InChI=1S/C18H19N3O4/c1-24-18(23)12-5-6-13(19-9-12)17(22)21-8-7-15-14(10-21)20-16(25-15)11-3-2-4-11/h5-6,9,11H,2-4,7-8,10H2,1H3. The summed E-state index contributed by atoms with van der Waals surface area (Å²) in [5.74, 6) is 1.53. The lowest BCUT2D eigenvalue weighted by atomic mass is 9.85. The molecule has 2 aromatic rings. The zero-order valence-corrected chi connectivity index (χ0v) is 14.0. The van der Waals surface area contributed by atoms with E-state index in [1.54, 1.807) is 17.0 Å². The van der Waals surface area contributed by atoms with Crippen LogP contribution in [0, 0.1) is 0 Å². The van der Waals surface area contributed by atoms with Crippen LogP contribution in [0.4, 0.5) is 0 Å². The summed E-state index contributed by atoms with van der Waals surface area (Å²) in [5, 5.41) is 0. The Morgan fingerprint density at radius 2 is 2.16 bits per heavy atom. The molecule has 0 unspecified atom stereocenters. The van der Waals surface area contributed by atoms with Gasteiger partial charge in [-0.15, -0.1) is 0 Å². The summed E-state index contributed by atoms with van der Waals surface area (Å²) < 4.78 is 10.5. The zero-order chi connectivity index (χ0) is 17.4. The molecule has 130 valence electrons. The fourth-order valence-electron chi connectivity index (χ4n) is 3.14. The van der Waals surface area contributed by atoms with Crippen LogP contribution in [-0.2, 0) is 17.7 Å². The summed E-state index contributed by atoms with van der Waals surface area (Å²) >= 11 is 0. The van der Waals surface area contributed by atoms with Crippen molar-refractivity contribution in [1.82, 2.24) is 14.9 Å². The van der Waals surface area contributed by atoms with Gasteiger partial charge in [0.25, 0.3) is 5.91 Å². The van der Waals surface area contributed by atoms with E-state index in [0.29, 0.717) is 36.7 Å². The number of methoxy groups -OCH3 is 1. The van der Waals surface area contributed by atoms with E-state index in [0.717, 1.165) is 30.2 Å². The third kappa shape index (κ3) is 2.90. The lowest BCUT2D eigenvalue weighted by Gasteiger charge is -2.24. The third-order valence-electron chi connectivity index (χ3n) is 4.89. The van der Waals surface area contributed by atoms with E-state index < -0.39 is 5.97 Å². The van der Waals surface area contributed by atoms with E-state index in [4.69, 9.17) is 4.42 Å². The number of hydrogen-bond donors (Lipinski definition) is 0. The summed E-state index contributed by atoms with van der Waals surface area (Å²) in [6.07, 6.45) is 5.53. The maximum Gasteiger partial charge on any atom is 0.339 e. The van der Waals surface area contributed by atoms with E-state index in [1.807, 2.05) is 0 Å². The van der Waals surface area contributed by atoms with Crippen LogP contribution < -0.4 is 0 Å². The number of ether oxygens (including phenoxy) is 1. The number of fused-ring (bicyclic) bond motifs is 1. The number of rotatable bonds is 3. The third-order valence-corrected chi connectivity index (χ3v) is 4.89. The molecule has 0 bridgehead atoms. The molecule has 0 atom stereocenters. The highest BCUT2D eigenvalue weighted by Crippen LogP contribution is 2.37. The van der Waals surface area contributed by atoms with Crippen LogP contribution in [0.15, 0.2) is 22.7 Å². The van der Waals surface area contributed by atoms with E-state index >= 15 is 0 Å². The van der Waals surface area contributed by atoms with E-state index in [-0.39, 0.29) is 5.91 Å². The van der Waals surface area contributed by atoms with Gasteiger partial charge in [0.15, 0.2) is 5.89 Å². The highest BCUT2D eigenvalue weighted by Gasteiger charge is 2.30. The number of carbonyl (C=O) groups is 2. The monoisotopic (exact) mass is 341 g/mol. The molecule has 1 aliphatic carbocycles. The van der Waals surface area contributed by atoms with Crippen LogP contribution in [-0.4, -0.2) is 40.4 Å². The Labute approximate surface area is 145 Å². The Morgan fingerprint density at radius 3 is 2.80 bits per heavy atom. The lowest BCUT2D eigenvalue weighted by molar-refractivity contribution is 0.0598. The molecule has 4 rings (SSSR count). The number of nitrogens with zero attached hydrogens (tertiary/aromatic N) is 3. The van der Waals surface area contributed by atoms with Crippen molar-refractivity contribution in [2.75, 3.05) is 13.7 Å². The Kier molecular flexibility index (Phi) is 3.99.